The molecule has 2 rings (SSSR count). The van der Waals surface area contributed by atoms with Crippen molar-refractivity contribution in [3.8, 4) is 0 Å². The summed E-state index contributed by atoms with van der Waals surface area (Å²) < 4.78 is 13.1. The zero-order valence-corrected chi connectivity index (χ0v) is 12.5. The fourth-order valence-electron chi connectivity index (χ4n) is 2.19. The van der Waals surface area contributed by atoms with Gasteiger partial charge in [-0.15, -0.1) is 0 Å². The van der Waals surface area contributed by atoms with Crippen LogP contribution >= 0.6 is 0 Å². The van der Waals surface area contributed by atoms with Gasteiger partial charge in [0.1, 0.15) is 5.82 Å². The molecule has 0 atom stereocenters. The first-order valence-corrected chi connectivity index (χ1v) is 7.13. The molecule has 0 aliphatic heterocycles. The molecule has 0 saturated heterocycles. The predicted molar refractivity (Wildman–Crippen MR) is 86.2 cm³/mol. The highest BCUT2D eigenvalue weighted by Gasteiger charge is 2.10. The molecular formula is C17H18FN3O2. The summed E-state index contributed by atoms with van der Waals surface area (Å²) in [7, 11) is 0. The van der Waals surface area contributed by atoms with Crippen LogP contribution in [0.3, 0.4) is 0 Å². The van der Waals surface area contributed by atoms with Crippen LogP contribution < -0.4 is 16.4 Å². The maximum absolute atomic E-state index is 13.1. The molecule has 0 aliphatic carbocycles. The number of carbonyl (C=O) groups is 2. The lowest BCUT2D eigenvalue weighted by molar-refractivity contribution is -0.117. The Bertz CT molecular complexity index is 684. The largest absolute Gasteiger partial charge is 0.370 e. The number of benzene rings is 2. The van der Waals surface area contributed by atoms with Crippen LogP contribution in [-0.4, -0.2) is 18.4 Å². The van der Waals surface area contributed by atoms with Gasteiger partial charge in [0.05, 0.1) is 0 Å². The van der Waals surface area contributed by atoms with Crippen LogP contribution in [0.4, 0.5) is 10.1 Å². The number of carbonyl (C=O) groups excluding carboxylic acids is 2. The summed E-state index contributed by atoms with van der Waals surface area (Å²) in [5.74, 6) is -1.21. The molecule has 120 valence electrons. The number of hydrogen-bond donors (Lipinski definition) is 2. The van der Waals surface area contributed by atoms with Gasteiger partial charge < -0.3 is 16.4 Å². The first-order chi connectivity index (χ1) is 11.0. The normalized spacial score (nSPS) is 10.3. The van der Waals surface area contributed by atoms with Crippen molar-refractivity contribution in [3.05, 3.63) is 65.5 Å². The Morgan fingerprint density at radius 1 is 0.957 bits per heavy atom. The zero-order valence-electron chi connectivity index (χ0n) is 12.5. The minimum absolute atomic E-state index is 0.191. The number of nitrogens with two attached hydrogens (primary N) is 2. The molecule has 23 heavy (non-hydrogen) atoms. The second kappa shape index (κ2) is 7.40. The van der Waals surface area contributed by atoms with Gasteiger partial charge in [-0.25, -0.2) is 4.39 Å². The van der Waals surface area contributed by atoms with E-state index in [-0.39, 0.29) is 12.2 Å². The van der Waals surface area contributed by atoms with Gasteiger partial charge in [0.15, 0.2) is 0 Å². The summed E-state index contributed by atoms with van der Waals surface area (Å²) in [6.45, 7) is 0.913. The number of rotatable bonds is 7. The average Bonchev–Trinajstić information content (AvgIpc) is 2.52. The molecule has 0 spiro atoms. The van der Waals surface area contributed by atoms with Crippen LogP contribution in [0.15, 0.2) is 48.5 Å². The van der Waals surface area contributed by atoms with Crippen LogP contribution in [0.2, 0.25) is 0 Å². The molecule has 0 aromatic heterocycles. The average molecular weight is 315 g/mol. The quantitative estimate of drug-likeness (QED) is 0.816. The molecule has 2 aromatic rings. The molecule has 0 heterocycles. The minimum atomic E-state index is -0.485. The van der Waals surface area contributed by atoms with Crippen LogP contribution in [-0.2, 0) is 11.3 Å². The summed E-state index contributed by atoms with van der Waals surface area (Å²) in [5.41, 5.74) is 12.6. The Morgan fingerprint density at radius 2 is 1.57 bits per heavy atom. The lowest BCUT2D eigenvalue weighted by atomic mass is 10.1. The molecule has 0 aliphatic rings. The highest BCUT2D eigenvalue weighted by atomic mass is 19.1. The molecular weight excluding hydrogens is 297 g/mol. The van der Waals surface area contributed by atoms with Crippen molar-refractivity contribution >= 4 is 17.5 Å². The number of anilines is 1. The maximum Gasteiger partial charge on any atom is 0.248 e. The molecule has 2 amide bonds. The Balaban J connectivity index is 2.17. The molecule has 6 heteroatoms. The molecule has 5 nitrogen and oxygen atoms in total. The minimum Gasteiger partial charge on any atom is -0.370 e. The van der Waals surface area contributed by atoms with E-state index in [4.69, 9.17) is 11.5 Å². The first kappa shape index (κ1) is 16.5. The van der Waals surface area contributed by atoms with E-state index in [2.05, 4.69) is 0 Å². The van der Waals surface area contributed by atoms with Gasteiger partial charge in [-0.2, -0.15) is 0 Å². The Labute approximate surface area is 133 Å². The Hall–Kier alpha value is -2.89. The second-order valence-corrected chi connectivity index (χ2v) is 5.18. The van der Waals surface area contributed by atoms with Gasteiger partial charge in [0, 0.05) is 30.8 Å². The van der Waals surface area contributed by atoms with Gasteiger partial charge in [-0.3, -0.25) is 9.59 Å². The van der Waals surface area contributed by atoms with Gasteiger partial charge in [0.25, 0.3) is 0 Å². The number of primary amides is 2. The van der Waals surface area contributed by atoms with Crippen molar-refractivity contribution in [1.29, 1.82) is 0 Å². The number of hydrogen-bond acceptors (Lipinski definition) is 3. The molecule has 4 N–H and O–H groups in total. The molecule has 0 fully saturated rings. The highest BCUT2D eigenvalue weighted by Crippen LogP contribution is 2.18. The van der Waals surface area contributed by atoms with E-state index in [0.717, 1.165) is 11.3 Å². The van der Waals surface area contributed by atoms with E-state index in [0.29, 0.717) is 18.7 Å². The third-order valence-electron chi connectivity index (χ3n) is 3.43. The monoisotopic (exact) mass is 315 g/mol. The Morgan fingerprint density at radius 3 is 2.09 bits per heavy atom. The molecule has 2 aromatic carbocycles. The summed E-state index contributed by atoms with van der Waals surface area (Å²) in [4.78, 5) is 24.1. The van der Waals surface area contributed by atoms with E-state index < -0.39 is 11.8 Å². The molecule has 0 saturated carbocycles. The van der Waals surface area contributed by atoms with Crippen molar-refractivity contribution in [1.82, 2.24) is 0 Å². The second-order valence-electron chi connectivity index (χ2n) is 5.18. The SMILES string of the molecule is NC(=O)CCN(Cc1ccc(C(N)=O)cc1)c1ccc(F)cc1. The van der Waals surface area contributed by atoms with Crippen LogP contribution in [0.5, 0.6) is 0 Å². The van der Waals surface area contributed by atoms with Gasteiger partial charge in [-0.05, 0) is 42.0 Å². The van der Waals surface area contributed by atoms with Crippen LogP contribution in [0, 0.1) is 5.82 Å². The highest BCUT2D eigenvalue weighted by molar-refractivity contribution is 5.92. The van der Waals surface area contributed by atoms with E-state index in [1.165, 1.54) is 12.1 Å². The summed E-state index contributed by atoms with van der Waals surface area (Å²) in [6.07, 6.45) is 0.191. The summed E-state index contributed by atoms with van der Waals surface area (Å²) >= 11 is 0. The standard InChI is InChI=1S/C17H18FN3O2/c18-14-5-7-15(8-6-14)21(10-9-16(19)22)11-12-1-3-13(4-2-12)17(20)23/h1-8H,9-11H2,(H2,19,22)(H2,20,23). The van der Waals surface area contributed by atoms with Gasteiger partial charge in [0.2, 0.25) is 11.8 Å². The van der Waals surface area contributed by atoms with Gasteiger partial charge in [-0.1, -0.05) is 12.1 Å². The fourth-order valence-corrected chi connectivity index (χ4v) is 2.19. The topological polar surface area (TPSA) is 89.4 Å². The van der Waals surface area contributed by atoms with Crippen LogP contribution in [0.1, 0.15) is 22.3 Å². The van der Waals surface area contributed by atoms with E-state index in [1.807, 2.05) is 4.90 Å². The van der Waals surface area contributed by atoms with Crippen molar-refractivity contribution in [2.45, 2.75) is 13.0 Å². The van der Waals surface area contributed by atoms with Crippen molar-refractivity contribution in [2.24, 2.45) is 11.5 Å². The zero-order chi connectivity index (χ0) is 16.8. The third kappa shape index (κ3) is 4.81. The summed E-state index contributed by atoms with van der Waals surface area (Å²) in [6, 6.07) is 12.9. The lowest BCUT2D eigenvalue weighted by Gasteiger charge is -2.24. The number of amides is 2. The molecule has 0 bridgehead atoms. The maximum atomic E-state index is 13.1. The number of halogens is 1. The van der Waals surface area contributed by atoms with Crippen LogP contribution in [0.25, 0.3) is 0 Å². The predicted octanol–water partition coefficient (Wildman–Crippen LogP) is 1.81. The smallest absolute Gasteiger partial charge is 0.248 e. The molecule has 0 unspecified atom stereocenters. The van der Waals surface area contributed by atoms with Crippen molar-refractivity contribution in [3.63, 3.8) is 0 Å². The lowest BCUT2D eigenvalue weighted by Crippen LogP contribution is -2.27. The third-order valence-corrected chi connectivity index (χ3v) is 3.43. The molecule has 0 radical (unpaired) electrons. The van der Waals surface area contributed by atoms with E-state index in [9.17, 15) is 14.0 Å². The number of nitrogens with zero attached hydrogens (tertiary/aromatic N) is 1. The van der Waals surface area contributed by atoms with Gasteiger partial charge >= 0.3 is 0 Å². The fraction of sp³-hybridized carbons (Fsp3) is 0.176. The van der Waals surface area contributed by atoms with Crippen molar-refractivity contribution in [2.75, 3.05) is 11.4 Å². The van der Waals surface area contributed by atoms with Crippen molar-refractivity contribution < 1.29 is 14.0 Å². The van der Waals surface area contributed by atoms with E-state index >= 15 is 0 Å². The Kier molecular flexibility index (Phi) is 5.30. The summed E-state index contributed by atoms with van der Waals surface area (Å²) in [5, 5.41) is 0. The van der Waals surface area contributed by atoms with E-state index in [1.54, 1.807) is 36.4 Å². The first-order valence-electron chi connectivity index (χ1n) is 7.13.